The molecule has 0 aliphatic carbocycles. The molecule has 2 bridgehead atoms. The Morgan fingerprint density at radius 1 is 1.14 bits per heavy atom. The largest absolute Gasteiger partial charge is 0.396 e. The van der Waals surface area contributed by atoms with Crippen molar-refractivity contribution in [3.8, 4) is 0 Å². The number of halogens is 1. The monoisotopic (exact) mass is 565 g/mol. The number of nitrogens with one attached hydrogen (secondary N) is 2. The molecule has 3 amide bonds. The van der Waals surface area contributed by atoms with Crippen molar-refractivity contribution < 1.29 is 19.5 Å². The van der Waals surface area contributed by atoms with Gasteiger partial charge in [0.25, 0.3) is 0 Å². The van der Waals surface area contributed by atoms with E-state index in [0.29, 0.717) is 38.9 Å². The molecule has 4 rings (SSSR count). The van der Waals surface area contributed by atoms with Crippen LogP contribution >= 0.6 is 27.7 Å². The van der Waals surface area contributed by atoms with Gasteiger partial charge in [-0.25, -0.2) is 0 Å². The molecule has 1 aromatic rings. The van der Waals surface area contributed by atoms with Crippen LogP contribution in [0.4, 0.5) is 0 Å². The molecular weight excluding hydrogens is 530 g/mol. The van der Waals surface area contributed by atoms with E-state index in [1.54, 1.807) is 16.7 Å². The van der Waals surface area contributed by atoms with Crippen molar-refractivity contribution in [2.24, 2.45) is 11.8 Å². The van der Waals surface area contributed by atoms with Gasteiger partial charge in [0.1, 0.15) is 6.04 Å². The van der Waals surface area contributed by atoms with Crippen molar-refractivity contribution in [3.63, 3.8) is 0 Å². The topological polar surface area (TPSA) is 98.7 Å². The van der Waals surface area contributed by atoms with Gasteiger partial charge in [-0.15, -0.1) is 11.8 Å². The summed E-state index contributed by atoms with van der Waals surface area (Å²) >= 11 is 5.45. The number of unbranched alkanes of at least 4 members (excludes halogenated alkanes) is 3. The van der Waals surface area contributed by atoms with Crippen LogP contribution in [-0.4, -0.2) is 68.3 Å². The van der Waals surface area contributed by atoms with Gasteiger partial charge >= 0.3 is 0 Å². The van der Waals surface area contributed by atoms with E-state index in [1.165, 1.54) is 0 Å². The molecular formula is C26H36BrN3O4S. The van der Waals surface area contributed by atoms with E-state index >= 15 is 0 Å². The maximum absolute atomic E-state index is 13.8. The number of fused-ring (bicyclic) bond motifs is 1. The molecule has 192 valence electrons. The molecule has 1 spiro atoms. The third-order valence-corrected chi connectivity index (χ3v) is 10.8. The van der Waals surface area contributed by atoms with E-state index in [4.69, 9.17) is 0 Å². The summed E-state index contributed by atoms with van der Waals surface area (Å²) in [5, 5.41) is 15.4. The van der Waals surface area contributed by atoms with Crippen LogP contribution in [0.15, 0.2) is 30.3 Å². The van der Waals surface area contributed by atoms with Crippen molar-refractivity contribution in [3.05, 3.63) is 35.9 Å². The zero-order chi connectivity index (χ0) is 25.0. The van der Waals surface area contributed by atoms with E-state index in [1.807, 2.05) is 30.3 Å². The Kier molecular flexibility index (Phi) is 8.81. The molecule has 35 heavy (non-hydrogen) atoms. The number of aliphatic hydroxyl groups is 1. The average Bonchev–Trinajstić information content (AvgIpc) is 3.44. The first-order chi connectivity index (χ1) is 16.9. The summed E-state index contributed by atoms with van der Waals surface area (Å²) in [5.41, 5.74) is 1.01. The Bertz CT molecular complexity index is 919. The number of amides is 3. The number of alkyl halides is 1. The minimum absolute atomic E-state index is 0.0466. The lowest BCUT2D eigenvalue weighted by Crippen LogP contribution is -2.55. The van der Waals surface area contributed by atoms with Gasteiger partial charge in [-0.3, -0.25) is 14.4 Å². The number of carbonyl (C=O) groups is 3. The molecule has 9 heteroatoms. The Balaban J connectivity index is 1.57. The number of carbonyl (C=O) groups excluding carboxylic acids is 3. The highest BCUT2D eigenvalue weighted by Crippen LogP contribution is 2.67. The minimum Gasteiger partial charge on any atom is -0.396 e. The maximum Gasteiger partial charge on any atom is 0.244 e. The number of aliphatic hydroxyl groups excluding tert-OH is 1. The van der Waals surface area contributed by atoms with Gasteiger partial charge < -0.3 is 20.6 Å². The lowest BCUT2D eigenvalue weighted by Gasteiger charge is -2.35. The second-order valence-corrected chi connectivity index (χ2v) is 12.5. The van der Waals surface area contributed by atoms with Crippen LogP contribution < -0.4 is 10.6 Å². The molecule has 0 aromatic heterocycles. The van der Waals surface area contributed by atoms with Crippen molar-refractivity contribution in [2.75, 3.05) is 19.7 Å². The summed E-state index contributed by atoms with van der Waals surface area (Å²) in [5.74, 6) is -1.31. The van der Waals surface area contributed by atoms with E-state index in [0.717, 1.165) is 24.8 Å². The van der Waals surface area contributed by atoms with Crippen LogP contribution in [-0.2, 0) is 20.9 Å². The quantitative estimate of drug-likeness (QED) is 0.267. The van der Waals surface area contributed by atoms with Crippen LogP contribution in [0.2, 0.25) is 0 Å². The second kappa shape index (κ2) is 11.6. The summed E-state index contributed by atoms with van der Waals surface area (Å²) in [6.07, 6.45) is 4.91. The Morgan fingerprint density at radius 3 is 2.63 bits per heavy atom. The number of likely N-dealkylation sites (tertiary alicyclic amines) is 1. The van der Waals surface area contributed by atoms with Gasteiger partial charge in [-0.2, -0.15) is 0 Å². The summed E-state index contributed by atoms with van der Waals surface area (Å²) in [6.45, 7) is 3.60. The fraction of sp³-hybridized carbons (Fsp3) is 0.654. The number of rotatable bonds is 12. The molecule has 3 saturated heterocycles. The van der Waals surface area contributed by atoms with Gasteiger partial charge in [0.05, 0.1) is 16.6 Å². The predicted molar refractivity (Wildman–Crippen MR) is 141 cm³/mol. The summed E-state index contributed by atoms with van der Waals surface area (Å²) < 4.78 is -0.612. The summed E-state index contributed by atoms with van der Waals surface area (Å²) in [4.78, 5) is 42.6. The lowest BCUT2D eigenvalue weighted by atomic mass is 9.70. The van der Waals surface area contributed by atoms with E-state index in [9.17, 15) is 19.5 Å². The van der Waals surface area contributed by atoms with Gasteiger partial charge in [-0.05, 0) is 31.2 Å². The van der Waals surface area contributed by atoms with E-state index in [2.05, 4.69) is 33.5 Å². The molecule has 0 radical (unpaired) electrons. The first-order valence-electron chi connectivity index (χ1n) is 12.8. The summed E-state index contributed by atoms with van der Waals surface area (Å²) in [6, 6.07) is 9.15. The van der Waals surface area contributed by atoms with Crippen LogP contribution in [0.25, 0.3) is 0 Å². The Morgan fingerprint density at radius 2 is 1.91 bits per heavy atom. The van der Waals surface area contributed by atoms with Crippen molar-refractivity contribution >= 4 is 45.4 Å². The van der Waals surface area contributed by atoms with Crippen molar-refractivity contribution in [2.45, 2.75) is 72.9 Å². The zero-order valence-electron chi connectivity index (χ0n) is 20.2. The standard InChI is InChI=1S/C26H36BrN3O4S/c1-2-3-7-12-28-24(33)22-26-15-18(27)21(35-26)19(20(26)25(34)30(22)13-8-9-14-31)23(32)29-16-17-10-5-4-6-11-17/h4-6,10-11,18-22,31H,2-3,7-9,12-16H2,1H3,(H,28,33)(H,29,32)/t18?,19-,20-,21-,22?,26?/m0/s1. The van der Waals surface area contributed by atoms with Crippen LogP contribution in [0.3, 0.4) is 0 Å². The molecule has 3 aliphatic rings. The molecule has 3 unspecified atom stereocenters. The third kappa shape index (κ3) is 5.14. The molecule has 6 atom stereocenters. The number of benzene rings is 1. The Hall–Kier alpha value is -1.58. The third-order valence-electron chi connectivity index (χ3n) is 7.54. The fourth-order valence-corrected chi connectivity index (χ4v) is 9.56. The van der Waals surface area contributed by atoms with Crippen LogP contribution in [0, 0.1) is 11.8 Å². The molecule has 3 fully saturated rings. The highest BCUT2D eigenvalue weighted by molar-refractivity contribution is 9.09. The highest BCUT2D eigenvalue weighted by atomic mass is 79.9. The molecule has 7 nitrogen and oxygen atoms in total. The maximum atomic E-state index is 13.8. The average molecular weight is 567 g/mol. The normalized spacial score (nSPS) is 31.0. The van der Waals surface area contributed by atoms with Gasteiger partial charge in [0.15, 0.2) is 0 Å². The molecule has 3 N–H and O–H groups in total. The van der Waals surface area contributed by atoms with Gasteiger partial charge in [0.2, 0.25) is 17.7 Å². The molecule has 3 aliphatic heterocycles. The SMILES string of the molecule is CCCCCNC(=O)C1N(CCCCO)C(=O)[C@@H]2[C@H](C(=O)NCc3ccccc3)[C@H]3SC12CC3Br. The number of hydrogen-bond donors (Lipinski definition) is 3. The highest BCUT2D eigenvalue weighted by Gasteiger charge is 2.75. The summed E-state index contributed by atoms with van der Waals surface area (Å²) in [7, 11) is 0. The fourth-order valence-electron chi connectivity index (χ4n) is 5.95. The predicted octanol–water partition coefficient (Wildman–Crippen LogP) is 2.85. The van der Waals surface area contributed by atoms with Crippen molar-refractivity contribution in [1.29, 1.82) is 0 Å². The van der Waals surface area contributed by atoms with Crippen LogP contribution in [0.1, 0.15) is 51.0 Å². The smallest absolute Gasteiger partial charge is 0.244 e. The zero-order valence-corrected chi connectivity index (χ0v) is 22.7. The minimum atomic E-state index is -0.612. The van der Waals surface area contributed by atoms with Crippen molar-refractivity contribution in [1.82, 2.24) is 15.5 Å². The van der Waals surface area contributed by atoms with E-state index < -0.39 is 22.6 Å². The van der Waals surface area contributed by atoms with E-state index in [-0.39, 0.29) is 34.4 Å². The molecule has 0 saturated carbocycles. The van der Waals surface area contributed by atoms with Gasteiger partial charge in [0, 0.05) is 36.3 Å². The first-order valence-corrected chi connectivity index (χ1v) is 14.6. The first kappa shape index (κ1) is 26.5. The molecule has 3 heterocycles. The van der Waals surface area contributed by atoms with Gasteiger partial charge in [-0.1, -0.05) is 66.0 Å². The number of thioether (sulfide) groups is 1. The second-order valence-electron chi connectivity index (χ2n) is 9.83. The molecule has 1 aromatic carbocycles. The lowest BCUT2D eigenvalue weighted by molar-refractivity contribution is -0.140. The number of nitrogens with zero attached hydrogens (tertiary/aromatic N) is 1. The van der Waals surface area contributed by atoms with Crippen LogP contribution in [0.5, 0.6) is 0 Å². The Labute approximate surface area is 220 Å². The number of hydrogen-bond acceptors (Lipinski definition) is 5.